The fraction of sp³-hybridized carbons (Fsp3) is 0.333. The molecule has 1 aliphatic carbocycles. The first kappa shape index (κ1) is 16.1. The Morgan fingerprint density at radius 2 is 1.96 bits per heavy atom. The monoisotopic (exact) mass is 329 g/mol. The molecule has 0 spiro atoms. The highest BCUT2D eigenvalue weighted by molar-refractivity contribution is 5.98. The van der Waals surface area contributed by atoms with Crippen LogP contribution in [0.2, 0.25) is 0 Å². The van der Waals surface area contributed by atoms with Crippen molar-refractivity contribution in [3.8, 4) is 11.5 Å². The molecule has 1 amide bonds. The maximum Gasteiger partial charge on any atom is 0.310 e. The molecule has 0 aromatic heterocycles. The van der Waals surface area contributed by atoms with E-state index >= 15 is 0 Å². The van der Waals surface area contributed by atoms with E-state index in [1.54, 1.807) is 17.1 Å². The van der Waals surface area contributed by atoms with Gasteiger partial charge in [-0.3, -0.25) is 9.59 Å². The maximum absolute atomic E-state index is 12.7. The van der Waals surface area contributed by atoms with E-state index in [1.807, 2.05) is 6.92 Å². The van der Waals surface area contributed by atoms with Crippen molar-refractivity contribution in [3.05, 3.63) is 46.6 Å². The Hall–Kier alpha value is -2.76. The number of benzene rings is 1. The number of carbonyl (C=O) groups is 2. The molecule has 1 aromatic carbocycles. The lowest BCUT2D eigenvalue weighted by Crippen LogP contribution is -2.29. The first-order valence-electron chi connectivity index (χ1n) is 7.86. The van der Waals surface area contributed by atoms with Crippen LogP contribution in [0.3, 0.4) is 0 Å². The highest BCUT2D eigenvalue weighted by Gasteiger charge is 2.31. The Kier molecular flexibility index (Phi) is 4.05. The summed E-state index contributed by atoms with van der Waals surface area (Å²) in [6.45, 7) is 2.62. The van der Waals surface area contributed by atoms with Crippen LogP contribution >= 0.6 is 0 Å². The lowest BCUT2D eigenvalue weighted by molar-refractivity contribution is -0.140. The highest BCUT2D eigenvalue weighted by Crippen LogP contribution is 2.33. The number of aliphatic carboxylic acids is 1. The van der Waals surface area contributed by atoms with Gasteiger partial charge in [-0.1, -0.05) is 19.1 Å². The summed E-state index contributed by atoms with van der Waals surface area (Å²) in [5.74, 6) is -2.02. The molecular formula is C18H19NO5. The Morgan fingerprint density at radius 1 is 1.21 bits per heavy atom. The van der Waals surface area contributed by atoms with E-state index in [4.69, 9.17) is 5.11 Å². The van der Waals surface area contributed by atoms with Gasteiger partial charge >= 0.3 is 5.97 Å². The molecule has 0 radical (unpaired) electrons. The number of phenolic OH excluding ortho intramolecular Hbond substituents is 2. The number of carboxylic acid groups (broad SMARTS) is 1. The predicted molar refractivity (Wildman–Crippen MR) is 87.0 cm³/mol. The number of nitrogens with zero attached hydrogens (tertiary/aromatic N) is 1. The molecule has 1 aliphatic heterocycles. The van der Waals surface area contributed by atoms with Gasteiger partial charge in [0.1, 0.15) is 11.5 Å². The largest absolute Gasteiger partial charge is 0.508 e. The van der Waals surface area contributed by atoms with Crippen LogP contribution in [0.15, 0.2) is 35.4 Å². The van der Waals surface area contributed by atoms with E-state index in [2.05, 4.69) is 0 Å². The molecule has 0 fully saturated rings. The topological polar surface area (TPSA) is 98.1 Å². The summed E-state index contributed by atoms with van der Waals surface area (Å²) in [4.78, 5) is 25.4. The summed E-state index contributed by atoms with van der Waals surface area (Å²) in [7, 11) is 0. The molecule has 3 rings (SSSR count). The Balaban J connectivity index is 1.80. The minimum absolute atomic E-state index is 0.0300. The highest BCUT2D eigenvalue weighted by atomic mass is 16.4. The third kappa shape index (κ3) is 2.75. The molecule has 0 bridgehead atoms. The van der Waals surface area contributed by atoms with E-state index in [0.717, 1.165) is 11.1 Å². The van der Waals surface area contributed by atoms with Crippen molar-refractivity contribution in [1.29, 1.82) is 0 Å². The number of hydrogen-bond donors (Lipinski definition) is 3. The zero-order valence-corrected chi connectivity index (χ0v) is 13.3. The van der Waals surface area contributed by atoms with Gasteiger partial charge in [0.2, 0.25) is 0 Å². The molecule has 6 nitrogen and oxygen atoms in total. The van der Waals surface area contributed by atoms with E-state index < -0.39 is 11.9 Å². The Labute approximate surface area is 139 Å². The second-order valence-corrected chi connectivity index (χ2v) is 6.15. The van der Waals surface area contributed by atoms with Crippen LogP contribution in [-0.2, 0) is 11.2 Å². The minimum Gasteiger partial charge on any atom is -0.508 e. The molecule has 6 heteroatoms. The van der Waals surface area contributed by atoms with Crippen molar-refractivity contribution >= 4 is 11.9 Å². The van der Waals surface area contributed by atoms with Crippen LogP contribution < -0.4 is 0 Å². The SMILES string of the molecule is CCc1cc(C(=O)N2CC3=C(CC(C(=O)O)C=C3)C2)c(O)cc1O. The number of hydrogen-bond acceptors (Lipinski definition) is 4. The predicted octanol–water partition coefficient (Wildman–Crippen LogP) is 2.07. The molecule has 0 saturated carbocycles. The lowest BCUT2D eigenvalue weighted by Gasteiger charge is -2.18. The van der Waals surface area contributed by atoms with Gasteiger partial charge in [0.05, 0.1) is 11.5 Å². The summed E-state index contributed by atoms with van der Waals surface area (Å²) in [5.41, 5.74) is 2.67. The first-order valence-corrected chi connectivity index (χ1v) is 7.86. The van der Waals surface area contributed by atoms with Crippen molar-refractivity contribution < 1.29 is 24.9 Å². The summed E-state index contributed by atoms with van der Waals surface area (Å²) in [5, 5.41) is 28.9. The van der Waals surface area contributed by atoms with Crippen LogP contribution in [0.25, 0.3) is 0 Å². The number of carbonyl (C=O) groups excluding carboxylic acids is 1. The number of carboxylic acids is 1. The van der Waals surface area contributed by atoms with Gasteiger partial charge in [-0.05, 0) is 35.6 Å². The molecule has 3 N–H and O–H groups in total. The number of phenols is 2. The summed E-state index contributed by atoms with van der Waals surface area (Å²) >= 11 is 0. The summed E-state index contributed by atoms with van der Waals surface area (Å²) in [6.07, 6.45) is 4.39. The van der Waals surface area contributed by atoms with Gasteiger partial charge in [-0.25, -0.2) is 0 Å². The van der Waals surface area contributed by atoms with Crippen LogP contribution in [0.4, 0.5) is 0 Å². The molecule has 0 saturated heterocycles. The van der Waals surface area contributed by atoms with Gasteiger partial charge < -0.3 is 20.2 Å². The molecule has 126 valence electrons. The molecule has 1 heterocycles. The molecular weight excluding hydrogens is 310 g/mol. The summed E-state index contributed by atoms with van der Waals surface area (Å²) < 4.78 is 0. The zero-order valence-electron chi connectivity index (χ0n) is 13.3. The normalized spacial score (nSPS) is 19.5. The van der Waals surface area contributed by atoms with Crippen molar-refractivity contribution in [3.63, 3.8) is 0 Å². The zero-order chi connectivity index (χ0) is 17.4. The van der Waals surface area contributed by atoms with Crippen molar-refractivity contribution in [2.75, 3.05) is 13.1 Å². The van der Waals surface area contributed by atoms with E-state index in [9.17, 15) is 19.8 Å². The Morgan fingerprint density at radius 3 is 2.62 bits per heavy atom. The quantitative estimate of drug-likeness (QED) is 0.788. The van der Waals surface area contributed by atoms with Gasteiger partial charge in [-0.15, -0.1) is 0 Å². The third-order valence-electron chi connectivity index (χ3n) is 4.61. The standard InChI is InChI=1S/C18H19NO5/c1-2-10-6-14(16(21)7-15(10)20)17(22)19-8-12-4-3-11(18(23)24)5-13(12)9-19/h3-4,6-7,11,20-21H,2,5,8-9H2,1H3,(H,23,24). The smallest absolute Gasteiger partial charge is 0.310 e. The molecule has 24 heavy (non-hydrogen) atoms. The second kappa shape index (κ2) is 6.03. The molecule has 1 unspecified atom stereocenters. The number of aromatic hydroxyl groups is 2. The minimum atomic E-state index is -0.869. The van der Waals surface area contributed by atoms with E-state index in [-0.39, 0.29) is 23.0 Å². The van der Waals surface area contributed by atoms with E-state index in [0.29, 0.717) is 31.5 Å². The number of amides is 1. The fourth-order valence-electron chi connectivity index (χ4n) is 3.20. The summed E-state index contributed by atoms with van der Waals surface area (Å²) in [6, 6.07) is 2.70. The number of aryl methyl sites for hydroxylation is 1. The molecule has 1 atom stereocenters. The average molecular weight is 329 g/mol. The molecule has 1 aromatic rings. The van der Waals surface area contributed by atoms with Gasteiger partial charge in [-0.2, -0.15) is 0 Å². The van der Waals surface area contributed by atoms with Crippen LogP contribution in [0, 0.1) is 5.92 Å². The van der Waals surface area contributed by atoms with Crippen LogP contribution in [0.5, 0.6) is 11.5 Å². The van der Waals surface area contributed by atoms with Gasteiger partial charge in [0, 0.05) is 19.2 Å². The second-order valence-electron chi connectivity index (χ2n) is 6.15. The Bertz CT molecular complexity index is 778. The van der Waals surface area contributed by atoms with Gasteiger partial charge in [0.15, 0.2) is 0 Å². The van der Waals surface area contributed by atoms with Crippen molar-refractivity contribution in [2.24, 2.45) is 5.92 Å². The first-order chi connectivity index (χ1) is 11.4. The van der Waals surface area contributed by atoms with Crippen molar-refractivity contribution in [1.82, 2.24) is 4.90 Å². The molecule has 2 aliphatic rings. The fourth-order valence-corrected chi connectivity index (χ4v) is 3.20. The van der Waals surface area contributed by atoms with Crippen LogP contribution in [0.1, 0.15) is 29.3 Å². The number of rotatable bonds is 3. The van der Waals surface area contributed by atoms with E-state index in [1.165, 1.54) is 12.1 Å². The average Bonchev–Trinajstić information content (AvgIpc) is 2.97. The van der Waals surface area contributed by atoms with Gasteiger partial charge in [0.25, 0.3) is 5.91 Å². The maximum atomic E-state index is 12.7. The van der Waals surface area contributed by atoms with Crippen molar-refractivity contribution in [2.45, 2.75) is 19.8 Å². The lowest BCUT2D eigenvalue weighted by atomic mass is 9.91. The van der Waals surface area contributed by atoms with Crippen LogP contribution in [-0.4, -0.2) is 45.2 Å². The third-order valence-corrected chi connectivity index (χ3v) is 4.61.